The lowest BCUT2D eigenvalue weighted by Gasteiger charge is -2.24. The van der Waals surface area contributed by atoms with Crippen LogP contribution in [-0.4, -0.2) is 9.13 Å². The zero-order valence-corrected chi connectivity index (χ0v) is 26.6. The molecule has 8 rings (SSSR count). The van der Waals surface area contributed by atoms with Gasteiger partial charge in [0.25, 0.3) is 0 Å². The molecule has 2 heterocycles. The van der Waals surface area contributed by atoms with Crippen molar-refractivity contribution in [1.82, 2.24) is 9.13 Å². The number of nitrogens with zero attached hydrogens (tertiary/aromatic N) is 3. The highest BCUT2D eigenvalue weighted by Crippen LogP contribution is 2.47. The van der Waals surface area contributed by atoms with E-state index in [1.54, 1.807) is 9.13 Å². The van der Waals surface area contributed by atoms with Gasteiger partial charge in [-0.05, 0) is 80.1 Å². The molecule has 0 saturated heterocycles. The van der Waals surface area contributed by atoms with Crippen molar-refractivity contribution in [2.24, 2.45) is 0 Å². The lowest BCUT2D eigenvalue weighted by molar-refractivity contribution is -0.142. The molecule has 0 amide bonds. The molecule has 6 aromatic carbocycles. The first-order valence-corrected chi connectivity index (χ1v) is 15.7. The van der Waals surface area contributed by atoms with Gasteiger partial charge in [-0.2, -0.15) is 31.6 Å². The molecule has 0 aliphatic heterocycles. The second-order valence-electron chi connectivity index (χ2n) is 12.5. The van der Waals surface area contributed by atoms with E-state index < -0.39 is 29.0 Å². The minimum absolute atomic E-state index is 0.0245. The fraction of sp³-hybridized carbons (Fsp3) is 0.0976. The topological polar surface area (TPSA) is 33.6 Å². The molecule has 0 unspecified atom stereocenters. The molecule has 0 saturated carbocycles. The summed E-state index contributed by atoms with van der Waals surface area (Å²) in [5.74, 6) is 0. The van der Waals surface area contributed by atoms with Gasteiger partial charge in [-0.1, -0.05) is 65.7 Å². The molecular formula is C41H25F6N3. The third kappa shape index (κ3) is 4.82. The number of rotatable bonds is 3. The number of benzene rings is 6. The average Bonchev–Trinajstić information content (AvgIpc) is 3.58. The van der Waals surface area contributed by atoms with E-state index in [-0.39, 0.29) is 28.6 Å². The van der Waals surface area contributed by atoms with Crippen molar-refractivity contribution in [3.8, 4) is 28.6 Å². The first kappa shape index (κ1) is 31.3. The molecule has 8 aromatic rings. The van der Waals surface area contributed by atoms with Gasteiger partial charge in [0.05, 0.1) is 56.2 Å². The summed E-state index contributed by atoms with van der Waals surface area (Å²) in [6.07, 6.45) is -10.2. The Balaban J connectivity index is 1.63. The number of hydrogen-bond donors (Lipinski definition) is 0. The average molecular weight is 674 g/mol. The lowest BCUT2D eigenvalue weighted by atomic mass is 9.92. The summed E-state index contributed by atoms with van der Waals surface area (Å²) in [5.41, 5.74) is 1.91. The number of fused-ring (bicyclic) bond motifs is 6. The Morgan fingerprint density at radius 1 is 0.520 bits per heavy atom. The van der Waals surface area contributed by atoms with E-state index in [0.717, 1.165) is 38.7 Å². The Bertz CT molecular complexity index is 2580. The van der Waals surface area contributed by atoms with Gasteiger partial charge >= 0.3 is 12.4 Å². The highest BCUT2D eigenvalue weighted by molar-refractivity contribution is 6.12. The monoisotopic (exact) mass is 673 g/mol. The number of halogens is 6. The summed E-state index contributed by atoms with van der Waals surface area (Å²) in [5, 5.41) is 13.7. The summed E-state index contributed by atoms with van der Waals surface area (Å²) >= 11 is 0. The molecule has 0 aliphatic rings. The van der Waals surface area contributed by atoms with Crippen molar-refractivity contribution in [2.45, 2.75) is 26.2 Å². The van der Waals surface area contributed by atoms with Gasteiger partial charge in [0.1, 0.15) is 0 Å². The highest BCUT2D eigenvalue weighted by atomic mass is 19.4. The number of nitriles is 1. The minimum atomic E-state index is -5.16. The maximum atomic E-state index is 15.1. The van der Waals surface area contributed by atoms with Crippen LogP contribution in [0.1, 0.15) is 27.8 Å². The van der Waals surface area contributed by atoms with Crippen molar-refractivity contribution in [3.05, 3.63) is 143 Å². The van der Waals surface area contributed by atoms with Gasteiger partial charge in [-0.25, -0.2) is 0 Å². The van der Waals surface area contributed by atoms with Gasteiger partial charge < -0.3 is 9.13 Å². The number of alkyl halides is 6. The molecule has 9 heteroatoms. The van der Waals surface area contributed by atoms with Crippen LogP contribution < -0.4 is 0 Å². The van der Waals surface area contributed by atoms with Crippen molar-refractivity contribution in [3.63, 3.8) is 0 Å². The number of aromatic nitrogens is 2. The summed E-state index contributed by atoms with van der Waals surface area (Å²) in [7, 11) is 0. The summed E-state index contributed by atoms with van der Waals surface area (Å²) < 4.78 is 90.6. The van der Waals surface area contributed by atoms with E-state index in [1.807, 2.05) is 98.8 Å². The zero-order chi connectivity index (χ0) is 35.1. The van der Waals surface area contributed by atoms with Crippen LogP contribution >= 0.6 is 0 Å². The maximum absolute atomic E-state index is 15.1. The van der Waals surface area contributed by atoms with Crippen LogP contribution in [-0.2, 0) is 12.4 Å². The fourth-order valence-electron chi connectivity index (χ4n) is 7.17. The van der Waals surface area contributed by atoms with E-state index in [0.29, 0.717) is 28.1 Å². The van der Waals surface area contributed by atoms with Crippen molar-refractivity contribution < 1.29 is 26.3 Å². The summed E-state index contributed by atoms with van der Waals surface area (Å²) in [6.45, 7) is 3.88. The number of para-hydroxylation sites is 2. The largest absolute Gasteiger partial charge is 0.417 e. The van der Waals surface area contributed by atoms with Crippen LogP contribution in [0.3, 0.4) is 0 Å². The summed E-state index contributed by atoms with van der Waals surface area (Å²) in [6, 6.07) is 33.3. The first-order chi connectivity index (χ1) is 23.8. The van der Waals surface area contributed by atoms with E-state index in [2.05, 4.69) is 6.07 Å². The van der Waals surface area contributed by atoms with Gasteiger partial charge in [0.2, 0.25) is 0 Å². The Morgan fingerprint density at radius 2 is 1.00 bits per heavy atom. The Labute approximate surface area is 281 Å². The summed E-state index contributed by atoms with van der Waals surface area (Å²) in [4.78, 5) is 0. The van der Waals surface area contributed by atoms with E-state index in [4.69, 9.17) is 0 Å². The Hall–Kier alpha value is -6.01. The maximum Gasteiger partial charge on any atom is 0.417 e. The third-order valence-electron chi connectivity index (χ3n) is 9.29. The molecule has 3 nitrogen and oxygen atoms in total. The van der Waals surface area contributed by atoms with Crippen LogP contribution in [0.2, 0.25) is 0 Å². The van der Waals surface area contributed by atoms with Crippen LogP contribution in [0.25, 0.3) is 66.1 Å². The molecule has 50 heavy (non-hydrogen) atoms. The molecule has 2 aromatic heterocycles. The predicted octanol–water partition coefficient (Wildman–Crippen LogP) is 12.1. The van der Waals surface area contributed by atoms with Crippen LogP contribution in [0.5, 0.6) is 0 Å². The number of hydrogen-bond acceptors (Lipinski definition) is 1. The van der Waals surface area contributed by atoms with Crippen molar-refractivity contribution in [1.29, 1.82) is 5.26 Å². The molecule has 0 N–H and O–H groups in total. The minimum Gasteiger partial charge on any atom is -0.308 e. The molecule has 0 atom stereocenters. The quantitative estimate of drug-likeness (QED) is 0.172. The van der Waals surface area contributed by atoms with Gasteiger partial charge in [0.15, 0.2) is 0 Å². The Morgan fingerprint density at radius 3 is 1.46 bits per heavy atom. The SMILES string of the molecule is Cc1ccc2c(c1)c1ccccc1n2-c1cc(C#N)cc(-n2c3ccccc3c3cc(C)ccc32)c1-c1ccc(C(F)(F)F)cc1C(F)(F)F. The van der Waals surface area contributed by atoms with Crippen LogP contribution in [0.15, 0.2) is 115 Å². The second-order valence-corrected chi connectivity index (χ2v) is 12.5. The molecule has 246 valence electrons. The fourth-order valence-corrected chi connectivity index (χ4v) is 7.17. The molecule has 0 radical (unpaired) electrons. The van der Waals surface area contributed by atoms with Gasteiger partial charge in [0, 0.05) is 27.1 Å². The van der Waals surface area contributed by atoms with Crippen molar-refractivity contribution >= 4 is 43.6 Å². The first-order valence-electron chi connectivity index (χ1n) is 15.7. The molecule has 0 spiro atoms. The third-order valence-corrected chi connectivity index (χ3v) is 9.29. The smallest absolute Gasteiger partial charge is 0.308 e. The van der Waals surface area contributed by atoms with Gasteiger partial charge in [-0.3, -0.25) is 0 Å². The van der Waals surface area contributed by atoms with Gasteiger partial charge in [-0.15, -0.1) is 0 Å². The predicted molar refractivity (Wildman–Crippen MR) is 185 cm³/mol. The number of aryl methyl sites for hydroxylation is 2. The van der Waals surface area contributed by atoms with E-state index in [9.17, 15) is 18.4 Å². The molecular weight excluding hydrogens is 648 g/mol. The standard InChI is InChI=1S/C41H25F6N3/c1-23-11-15-35-30(17-23)27-7-3-5-9-33(27)49(35)37-19-25(22-48)20-38(39(37)29-14-13-26(40(42,43)44)21-32(29)41(45,46)47)50-34-10-6-4-8-28(34)31-18-24(2)12-16-36(31)50/h3-21H,1-2H3. The highest BCUT2D eigenvalue weighted by Gasteiger charge is 2.39. The van der Waals surface area contributed by atoms with E-state index in [1.165, 1.54) is 12.1 Å². The molecule has 0 aliphatic carbocycles. The Kier molecular flexibility index (Phi) is 6.88. The van der Waals surface area contributed by atoms with Crippen LogP contribution in [0.4, 0.5) is 26.3 Å². The zero-order valence-electron chi connectivity index (χ0n) is 26.6. The van der Waals surface area contributed by atoms with Crippen LogP contribution in [0, 0.1) is 25.2 Å². The second kappa shape index (κ2) is 11.0. The molecule has 0 bridgehead atoms. The van der Waals surface area contributed by atoms with E-state index >= 15 is 13.2 Å². The lowest BCUT2D eigenvalue weighted by Crippen LogP contribution is -2.14. The molecule has 0 fully saturated rings. The normalized spacial score (nSPS) is 12.4. The van der Waals surface area contributed by atoms with Crippen molar-refractivity contribution in [2.75, 3.05) is 0 Å².